The average Bonchev–Trinajstić information content (AvgIpc) is 3.76. The molecule has 0 unspecified atom stereocenters. The maximum absolute atomic E-state index is 13.0. The summed E-state index contributed by atoms with van der Waals surface area (Å²) in [5.74, 6) is -0.948. The maximum atomic E-state index is 13.0. The number of cyclic esters (lactones) is 1. The lowest BCUT2D eigenvalue weighted by atomic mass is 9.51. The Hall–Kier alpha value is -2.30. The molecule has 0 aromatic carbocycles. The predicted octanol–water partition coefficient (Wildman–Crippen LogP) is 2.33. The van der Waals surface area contributed by atoms with E-state index >= 15 is 0 Å². The Labute approximate surface area is 222 Å². The number of carbonyl (C=O) groups is 2. The Bertz CT molecular complexity index is 1130. The van der Waals surface area contributed by atoms with Gasteiger partial charge in [0.15, 0.2) is 0 Å². The first-order chi connectivity index (χ1) is 18.1. The second-order valence-corrected chi connectivity index (χ2v) is 11.7. The maximum Gasteiger partial charge on any atom is 0.331 e. The third-order valence-electron chi connectivity index (χ3n) is 9.58. The number of fused-ring (bicyclic) bond motifs is 1. The summed E-state index contributed by atoms with van der Waals surface area (Å²) in [6.45, 7) is 8.45. The lowest BCUT2D eigenvalue weighted by molar-refractivity contribution is -0.235. The third kappa shape index (κ3) is 3.78. The third-order valence-corrected chi connectivity index (χ3v) is 9.58. The van der Waals surface area contributed by atoms with Crippen LogP contribution < -0.4 is 0 Å². The Morgan fingerprint density at radius 3 is 2.61 bits per heavy atom. The predicted molar refractivity (Wildman–Crippen MR) is 134 cm³/mol. The molecule has 0 aromatic heterocycles. The Morgan fingerprint density at radius 1 is 1.08 bits per heavy atom. The molecule has 2 spiro atoms. The normalized spacial score (nSPS) is 50.0. The second kappa shape index (κ2) is 9.13. The van der Waals surface area contributed by atoms with Crippen LogP contribution >= 0.6 is 0 Å². The molecule has 4 fully saturated rings. The molecule has 4 aliphatic heterocycles. The molecule has 1 N–H and O–H groups in total. The van der Waals surface area contributed by atoms with E-state index in [4.69, 9.17) is 28.4 Å². The molecule has 4 heterocycles. The fraction of sp³-hybridized carbons (Fsp3) is 0.655. The largest absolute Gasteiger partial charge is 0.462 e. The monoisotopic (exact) mass is 528 g/mol. The molecule has 0 amide bonds. The van der Waals surface area contributed by atoms with E-state index in [0.29, 0.717) is 26.1 Å². The number of rotatable bonds is 1. The van der Waals surface area contributed by atoms with Crippen LogP contribution in [-0.2, 0) is 38.0 Å². The van der Waals surface area contributed by atoms with E-state index in [-0.39, 0.29) is 31.0 Å². The van der Waals surface area contributed by atoms with Crippen molar-refractivity contribution in [3.05, 3.63) is 47.6 Å². The minimum atomic E-state index is -0.786. The van der Waals surface area contributed by atoms with Crippen LogP contribution in [0.5, 0.6) is 0 Å². The van der Waals surface area contributed by atoms with Gasteiger partial charge in [-0.25, -0.2) is 9.59 Å². The molecular formula is C29H36O9. The van der Waals surface area contributed by atoms with Gasteiger partial charge in [0.25, 0.3) is 0 Å². The highest BCUT2D eigenvalue weighted by molar-refractivity contribution is 5.83. The van der Waals surface area contributed by atoms with Crippen LogP contribution in [-0.4, -0.2) is 85.2 Å². The molecule has 6 aliphatic rings. The standard InChI is InChI=1S/C29H36O9/c1-16-9-10-33-19(18(3)30)7-5-6-8-23(31)37-20-13-22-29(15-35-29)27(20,4)28(14-34-24(32)11-16)21(36-22)12-17(2)25-26(28)38-25/h5-8,11-12,18-22,25-26,30H,9-10,13-15H2,1-4H3/b7-5+,8-6-,16-11+/t18-,19+,20+,21+,22-,25-,26-,27-,28+,29+/m0/s1. The van der Waals surface area contributed by atoms with Crippen molar-refractivity contribution in [1.29, 1.82) is 0 Å². The summed E-state index contributed by atoms with van der Waals surface area (Å²) < 4.78 is 36.8. The van der Waals surface area contributed by atoms with Crippen LogP contribution in [0.15, 0.2) is 47.6 Å². The number of ether oxygens (including phenoxy) is 6. The molecule has 0 radical (unpaired) electrons. The zero-order chi connectivity index (χ0) is 26.9. The van der Waals surface area contributed by atoms with Crippen molar-refractivity contribution in [2.24, 2.45) is 10.8 Å². The van der Waals surface area contributed by atoms with Gasteiger partial charge in [-0.05, 0) is 32.8 Å². The SMILES string of the molecule is CC1=C[C@H]2O[C@H]3C[C@H]4OC(=O)/C=C\C=C\[C@H]([C@H](C)O)OCC/C(C)=C/C(=O)OC[C@@]2([C@H]2O[C@@H]12)[C@@]4(C)[C@@]31CO1. The fourth-order valence-corrected chi connectivity index (χ4v) is 7.26. The molecule has 9 heteroatoms. The van der Waals surface area contributed by atoms with E-state index in [1.54, 1.807) is 25.2 Å². The quantitative estimate of drug-likeness (QED) is 0.311. The average molecular weight is 529 g/mol. The highest BCUT2D eigenvalue weighted by Crippen LogP contribution is 2.74. The van der Waals surface area contributed by atoms with Gasteiger partial charge in [0.1, 0.15) is 36.6 Å². The van der Waals surface area contributed by atoms with Gasteiger partial charge in [-0.15, -0.1) is 0 Å². The van der Waals surface area contributed by atoms with E-state index in [9.17, 15) is 14.7 Å². The topological polar surface area (TPSA) is 116 Å². The van der Waals surface area contributed by atoms with Crippen LogP contribution in [0.2, 0.25) is 0 Å². The smallest absolute Gasteiger partial charge is 0.331 e. The number of esters is 2. The van der Waals surface area contributed by atoms with Crippen LogP contribution in [0.25, 0.3) is 0 Å². The number of aliphatic hydroxyl groups excluding tert-OH is 1. The zero-order valence-corrected chi connectivity index (χ0v) is 22.3. The van der Waals surface area contributed by atoms with E-state index in [0.717, 1.165) is 11.1 Å². The number of aliphatic hydroxyl groups is 1. The molecule has 2 bridgehead atoms. The molecule has 38 heavy (non-hydrogen) atoms. The van der Waals surface area contributed by atoms with Crippen molar-refractivity contribution < 1.29 is 43.1 Å². The van der Waals surface area contributed by atoms with Gasteiger partial charge in [-0.2, -0.15) is 0 Å². The van der Waals surface area contributed by atoms with Gasteiger partial charge in [0.2, 0.25) is 0 Å². The van der Waals surface area contributed by atoms with Gasteiger partial charge in [-0.1, -0.05) is 36.8 Å². The van der Waals surface area contributed by atoms with Crippen molar-refractivity contribution in [3.8, 4) is 0 Å². The summed E-state index contributed by atoms with van der Waals surface area (Å²) >= 11 is 0. The van der Waals surface area contributed by atoms with Crippen molar-refractivity contribution in [3.63, 3.8) is 0 Å². The first-order valence-corrected chi connectivity index (χ1v) is 13.4. The Morgan fingerprint density at radius 2 is 1.87 bits per heavy atom. The van der Waals surface area contributed by atoms with Crippen molar-refractivity contribution in [1.82, 2.24) is 0 Å². The zero-order valence-electron chi connectivity index (χ0n) is 22.3. The minimum Gasteiger partial charge on any atom is -0.462 e. The van der Waals surface area contributed by atoms with Crippen LogP contribution in [0.3, 0.4) is 0 Å². The summed E-state index contributed by atoms with van der Waals surface area (Å²) in [6.07, 6.45) is 8.09. The first kappa shape index (κ1) is 26.0. The van der Waals surface area contributed by atoms with Crippen LogP contribution in [0.4, 0.5) is 0 Å². The fourth-order valence-electron chi connectivity index (χ4n) is 7.26. The highest BCUT2D eigenvalue weighted by atomic mass is 16.7. The molecule has 2 aliphatic carbocycles. The molecule has 1 saturated carbocycles. The van der Waals surface area contributed by atoms with E-state index in [1.165, 1.54) is 12.2 Å². The Kier molecular flexibility index (Phi) is 6.23. The molecular weight excluding hydrogens is 492 g/mol. The highest BCUT2D eigenvalue weighted by Gasteiger charge is 2.87. The summed E-state index contributed by atoms with van der Waals surface area (Å²) in [5.41, 5.74) is -0.222. The Balaban J connectivity index is 1.38. The van der Waals surface area contributed by atoms with E-state index < -0.39 is 46.7 Å². The van der Waals surface area contributed by atoms with E-state index in [2.05, 4.69) is 13.0 Å². The molecule has 0 aromatic rings. The molecule has 10 atom stereocenters. The molecule has 6 rings (SSSR count). The molecule has 3 saturated heterocycles. The van der Waals surface area contributed by atoms with Gasteiger partial charge < -0.3 is 33.5 Å². The second-order valence-electron chi connectivity index (χ2n) is 11.7. The molecule has 206 valence electrons. The lowest BCUT2D eigenvalue weighted by Gasteiger charge is -2.57. The van der Waals surface area contributed by atoms with Crippen molar-refractivity contribution in [2.45, 2.75) is 88.9 Å². The number of allylic oxidation sites excluding steroid dienone is 2. The van der Waals surface area contributed by atoms with E-state index in [1.807, 2.05) is 13.8 Å². The first-order valence-electron chi connectivity index (χ1n) is 13.4. The van der Waals surface area contributed by atoms with Crippen molar-refractivity contribution >= 4 is 11.9 Å². The van der Waals surface area contributed by atoms with Gasteiger partial charge in [0, 0.05) is 18.6 Å². The molecule has 9 nitrogen and oxygen atoms in total. The summed E-state index contributed by atoms with van der Waals surface area (Å²) in [5, 5.41) is 10.1. The van der Waals surface area contributed by atoms with Gasteiger partial charge >= 0.3 is 11.9 Å². The number of hydrogen-bond acceptors (Lipinski definition) is 9. The summed E-state index contributed by atoms with van der Waals surface area (Å²) in [7, 11) is 0. The van der Waals surface area contributed by atoms with Gasteiger partial charge in [-0.3, -0.25) is 0 Å². The summed E-state index contributed by atoms with van der Waals surface area (Å²) in [6, 6.07) is 0. The van der Waals surface area contributed by atoms with Crippen LogP contribution in [0.1, 0.15) is 40.5 Å². The van der Waals surface area contributed by atoms with Crippen molar-refractivity contribution in [2.75, 3.05) is 19.8 Å². The number of carbonyl (C=O) groups excluding carboxylic acids is 2. The summed E-state index contributed by atoms with van der Waals surface area (Å²) in [4.78, 5) is 26.0. The number of epoxide rings is 2. The minimum absolute atomic E-state index is 0.0484. The van der Waals surface area contributed by atoms with Crippen LogP contribution in [0, 0.1) is 10.8 Å². The lowest BCUT2D eigenvalue weighted by Crippen LogP contribution is -2.69. The van der Waals surface area contributed by atoms with Gasteiger partial charge in [0.05, 0.1) is 42.4 Å². The number of hydrogen-bond donors (Lipinski definition) is 1.